The molecule has 1 unspecified atom stereocenters. The van der Waals surface area contributed by atoms with Crippen molar-refractivity contribution in [3.05, 3.63) is 71.4 Å². The summed E-state index contributed by atoms with van der Waals surface area (Å²) >= 11 is 0. The molecule has 1 aliphatic carbocycles. The van der Waals surface area contributed by atoms with E-state index in [4.69, 9.17) is 5.10 Å². The number of rotatable bonds is 9. The zero-order valence-corrected chi connectivity index (χ0v) is 25.8. The van der Waals surface area contributed by atoms with Gasteiger partial charge in [-0.2, -0.15) is 5.10 Å². The first-order chi connectivity index (χ1) is 21.8. The molecule has 4 aromatic rings. The molecule has 5 heterocycles. The van der Waals surface area contributed by atoms with Gasteiger partial charge in [0, 0.05) is 64.0 Å². The van der Waals surface area contributed by atoms with Crippen LogP contribution in [-0.2, 0) is 6.54 Å². The zero-order valence-electron chi connectivity index (χ0n) is 25.8. The fraction of sp³-hybridized carbons (Fsp3) is 0.375. The van der Waals surface area contributed by atoms with Crippen molar-refractivity contribution in [2.75, 3.05) is 49.8 Å². The van der Waals surface area contributed by atoms with Crippen molar-refractivity contribution < 1.29 is 9.59 Å². The predicted molar refractivity (Wildman–Crippen MR) is 172 cm³/mol. The van der Waals surface area contributed by atoms with E-state index >= 15 is 0 Å². The summed E-state index contributed by atoms with van der Waals surface area (Å²) in [5.74, 6) is 0.144. The SMILES string of the molecule is CNC(=O)c1nnc(NC)cc1Nc1cccc2c1N(C)C(C)c1c-2cnn1C1CN(Cc2cccc(C(=O)NC3CC3)n2)C1. The second-order valence-electron chi connectivity index (χ2n) is 11.9. The van der Waals surface area contributed by atoms with E-state index < -0.39 is 0 Å². The lowest BCUT2D eigenvalue weighted by atomic mass is 9.93. The third-order valence-electron chi connectivity index (χ3n) is 8.87. The number of para-hydroxylation sites is 1. The molecular formula is C32H37N11O2. The van der Waals surface area contributed by atoms with E-state index in [1.165, 1.54) is 5.69 Å². The van der Waals surface area contributed by atoms with Crippen LogP contribution in [0.5, 0.6) is 0 Å². The molecule has 1 saturated heterocycles. The Morgan fingerprint density at radius 3 is 2.53 bits per heavy atom. The van der Waals surface area contributed by atoms with Crippen LogP contribution in [0.2, 0.25) is 0 Å². The van der Waals surface area contributed by atoms with E-state index in [9.17, 15) is 9.59 Å². The number of hydrogen-bond donors (Lipinski definition) is 4. The summed E-state index contributed by atoms with van der Waals surface area (Å²) in [6, 6.07) is 14.2. The number of carbonyl (C=O) groups excluding carboxylic acids is 2. The van der Waals surface area contributed by atoms with Crippen LogP contribution < -0.4 is 26.2 Å². The van der Waals surface area contributed by atoms with Crippen molar-refractivity contribution in [3.63, 3.8) is 0 Å². The van der Waals surface area contributed by atoms with Crippen LogP contribution in [0.25, 0.3) is 11.1 Å². The minimum Gasteiger partial charge on any atom is -0.372 e. The lowest BCUT2D eigenvalue weighted by Gasteiger charge is -2.42. The van der Waals surface area contributed by atoms with Crippen molar-refractivity contribution in [1.82, 2.24) is 40.5 Å². The monoisotopic (exact) mass is 607 g/mol. The van der Waals surface area contributed by atoms with Crippen LogP contribution in [0.1, 0.15) is 64.2 Å². The minimum absolute atomic E-state index is 0.0529. The van der Waals surface area contributed by atoms with Gasteiger partial charge in [-0.15, -0.1) is 10.2 Å². The number of nitrogens with zero attached hydrogens (tertiary/aromatic N) is 7. The van der Waals surface area contributed by atoms with Gasteiger partial charge >= 0.3 is 0 Å². The number of amides is 2. The molecule has 1 atom stereocenters. The Morgan fingerprint density at radius 1 is 0.978 bits per heavy atom. The van der Waals surface area contributed by atoms with Crippen LogP contribution in [0, 0.1) is 0 Å². The second kappa shape index (κ2) is 11.5. The number of pyridine rings is 1. The first kappa shape index (κ1) is 28.7. The number of benzene rings is 1. The summed E-state index contributed by atoms with van der Waals surface area (Å²) in [5.41, 5.74) is 7.38. The summed E-state index contributed by atoms with van der Waals surface area (Å²) in [6.07, 6.45) is 4.07. The maximum absolute atomic E-state index is 12.6. The van der Waals surface area contributed by atoms with E-state index in [-0.39, 0.29) is 29.6 Å². The lowest BCUT2D eigenvalue weighted by molar-refractivity contribution is 0.0864. The number of nitrogens with one attached hydrogen (secondary N) is 4. The average Bonchev–Trinajstić information content (AvgIpc) is 3.75. The maximum Gasteiger partial charge on any atom is 0.273 e. The zero-order chi connectivity index (χ0) is 31.2. The highest BCUT2D eigenvalue weighted by Gasteiger charge is 2.37. The molecule has 7 rings (SSSR count). The number of hydrogen-bond acceptors (Lipinski definition) is 10. The Balaban J connectivity index is 1.11. The summed E-state index contributed by atoms with van der Waals surface area (Å²) in [7, 11) is 5.42. The molecule has 2 amide bonds. The van der Waals surface area contributed by atoms with E-state index in [0.717, 1.165) is 54.1 Å². The molecule has 45 heavy (non-hydrogen) atoms. The Labute approximate surface area is 261 Å². The van der Waals surface area contributed by atoms with Crippen LogP contribution in [0.4, 0.5) is 22.9 Å². The Hall–Kier alpha value is -5.04. The first-order valence-electron chi connectivity index (χ1n) is 15.3. The van der Waals surface area contributed by atoms with Crippen molar-refractivity contribution in [2.45, 2.75) is 44.4 Å². The van der Waals surface area contributed by atoms with Gasteiger partial charge in [-0.1, -0.05) is 18.2 Å². The summed E-state index contributed by atoms with van der Waals surface area (Å²) in [4.78, 5) is 34.3. The topological polar surface area (TPSA) is 145 Å². The fourth-order valence-corrected chi connectivity index (χ4v) is 6.18. The van der Waals surface area contributed by atoms with Gasteiger partial charge in [-0.3, -0.25) is 19.2 Å². The lowest BCUT2D eigenvalue weighted by Crippen LogP contribution is -2.48. The second-order valence-corrected chi connectivity index (χ2v) is 11.9. The molecule has 1 aromatic carbocycles. The fourth-order valence-electron chi connectivity index (χ4n) is 6.18. The van der Waals surface area contributed by atoms with Crippen molar-refractivity contribution in [1.29, 1.82) is 0 Å². The molecule has 0 radical (unpaired) electrons. The Kier molecular flexibility index (Phi) is 7.32. The van der Waals surface area contributed by atoms with Gasteiger partial charge < -0.3 is 26.2 Å². The Bertz CT molecular complexity index is 1780. The van der Waals surface area contributed by atoms with E-state index in [0.29, 0.717) is 29.8 Å². The van der Waals surface area contributed by atoms with Crippen LogP contribution in [0.15, 0.2) is 48.7 Å². The molecular weight excluding hydrogens is 570 g/mol. The summed E-state index contributed by atoms with van der Waals surface area (Å²) < 4.78 is 2.18. The average molecular weight is 608 g/mol. The standard InChI is InChI=1S/C32H37N11O2/c1-18-29-23(14-35-43(29)21-16-42(17-21)15-20-7-5-10-25(36-20)31(44)37-19-11-12-19)22-8-6-9-24(30(22)41(18)4)38-26-13-27(33-2)39-40-28(26)32(45)34-3/h5-10,13-14,18-19,21H,11-12,15-17H2,1-4H3,(H,34,45)(H,37,44)(H2,33,38,39). The van der Waals surface area contributed by atoms with E-state index in [2.05, 4.69) is 71.0 Å². The molecule has 2 aliphatic heterocycles. The largest absolute Gasteiger partial charge is 0.372 e. The third kappa shape index (κ3) is 5.33. The summed E-state index contributed by atoms with van der Waals surface area (Å²) in [6.45, 7) is 4.59. The van der Waals surface area contributed by atoms with Gasteiger partial charge in [0.2, 0.25) is 0 Å². The number of fused-ring (bicyclic) bond motifs is 3. The van der Waals surface area contributed by atoms with E-state index in [1.54, 1.807) is 26.2 Å². The highest BCUT2D eigenvalue weighted by Crippen LogP contribution is 2.49. The minimum atomic E-state index is -0.320. The molecule has 4 N–H and O–H groups in total. The first-order valence-corrected chi connectivity index (χ1v) is 15.3. The number of anilines is 4. The molecule has 13 nitrogen and oxygen atoms in total. The molecule has 13 heteroatoms. The third-order valence-corrected chi connectivity index (χ3v) is 8.87. The normalized spacial score (nSPS) is 17.6. The number of likely N-dealkylation sites (tertiary alicyclic amines) is 1. The smallest absolute Gasteiger partial charge is 0.273 e. The molecule has 3 aliphatic rings. The number of aromatic nitrogens is 5. The molecule has 0 bridgehead atoms. The molecule has 0 spiro atoms. The molecule has 3 aromatic heterocycles. The highest BCUT2D eigenvalue weighted by atomic mass is 16.2. The highest BCUT2D eigenvalue weighted by molar-refractivity contribution is 6.00. The predicted octanol–water partition coefficient (Wildman–Crippen LogP) is 3.34. The molecule has 2 fully saturated rings. The van der Waals surface area contributed by atoms with Crippen LogP contribution in [-0.4, -0.2) is 82.0 Å². The van der Waals surface area contributed by atoms with Crippen LogP contribution >= 0.6 is 0 Å². The molecule has 1 saturated carbocycles. The summed E-state index contributed by atoms with van der Waals surface area (Å²) in [5, 5.41) is 25.3. The van der Waals surface area contributed by atoms with Gasteiger partial charge in [-0.05, 0) is 38.0 Å². The maximum atomic E-state index is 12.6. The quantitative estimate of drug-likeness (QED) is 0.224. The van der Waals surface area contributed by atoms with Gasteiger partial charge in [-0.25, -0.2) is 4.98 Å². The van der Waals surface area contributed by atoms with Crippen molar-refractivity contribution in [3.8, 4) is 11.1 Å². The van der Waals surface area contributed by atoms with Crippen molar-refractivity contribution >= 4 is 34.7 Å². The van der Waals surface area contributed by atoms with Gasteiger partial charge in [0.1, 0.15) is 5.69 Å². The van der Waals surface area contributed by atoms with Crippen molar-refractivity contribution in [2.24, 2.45) is 0 Å². The van der Waals surface area contributed by atoms with E-state index in [1.807, 2.05) is 30.5 Å². The van der Waals surface area contributed by atoms with Gasteiger partial charge in [0.05, 0.1) is 46.7 Å². The Morgan fingerprint density at radius 2 is 1.78 bits per heavy atom. The van der Waals surface area contributed by atoms with Crippen LogP contribution in [0.3, 0.4) is 0 Å². The van der Waals surface area contributed by atoms with Gasteiger partial charge in [0.15, 0.2) is 11.5 Å². The number of carbonyl (C=O) groups is 2. The molecule has 232 valence electrons. The van der Waals surface area contributed by atoms with Gasteiger partial charge in [0.25, 0.3) is 11.8 Å².